The summed E-state index contributed by atoms with van der Waals surface area (Å²) in [6.45, 7) is 4.14. The maximum Gasteiger partial charge on any atom is 0.372 e. The Morgan fingerprint density at radius 1 is 1.00 bits per heavy atom. The first-order valence-electron chi connectivity index (χ1n) is 4.10. The summed E-state index contributed by atoms with van der Waals surface area (Å²) in [4.78, 5) is 0. The van der Waals surface area contributed by atoms with Gasteiger partial charge >= 0.3 is 6.00 Å². The highest BCUT2D eigenvalue weighted by Gasteiger charge is 2.26. The van der Waals surface area contributed by atoms with E-state index >= 15 is 0 Å². The Labute approximate surface area is 107 Å². The molecule has 0 aromatic heterocycles. The van der Waals surface area contributed by atoms with E-state index in [-0.39, 0.29) is 0 Å². The molecule has 0 aliphatic rings. The first-order chi connectivity index (χ1) is 6.34. The van der Waals surface area contributed by atoms with Crippen LogP contribution in [0.5, 0.6) is 0 Å². The molecule has 0 radical (unpaired) electrons. The molecule has 0 saturated carbocycles. The lowest BCUT2D eigenvalue weighted by Gasteiger charge is -2.05. The molecule has 0 N–H and O–H groups in total. The lowest BCUT2D eigenvalue weighted by atomic mass is 10.4. The van der Waals surface area contributed by atoms with Gasteiger partial charge in [0.2, 0.25) is 0 Å². The Morgan fingerprint density at radius 3 is 1.57 bits per heavy atom. The van der Waals surface area contributed by atoms with Crippen molar-refractivity contribution in [3.8, 4) is 0 Å². The van der Waals surface area contributed by atoms with E-state index in [9.17, 15) is 0 Å². The molecule has 6 heteroatoms. The summed E-state index contributed by atoms with van der Waals surface area (Å²) < 4.78 is 0. The highest BCUT2D eigenvalue weighted by molar-refractivity contribution is 7.69. The molecule has 0 bridgehead atoms. The van der Waals surface area contributed by atoms with Gasteiger partial charge in [-0.15, -0.1) is 33.2 Å². The van der Waals surface area contributed by atoms with E-state index in [1.165, 1.54) is 0 Å². The maximum atomic E-state index is 5.73. The van der Waals surface area contributed by atoms with Crippen LogP contribution in [0, 0.1) is 0 Å². The zero-order chi connectivity index (χ0) is 11.2. The fourth-order valence-corrected chi connectivity index (χ4v) is 2.33. The van der Waals surface area contributed by atoms with Crippen LogP contribution < -0.4 is 5.19 Å². The Balaban J connectivity index is 0.000000364. The summed E-state index contributed by atoms with van der Waals surface area (Å²) in [6.07, 6.45) is 0. The van der Waals surface area contributed by atoms with Crippen molar-refractivity contribution in [1.82, 2.24) is 0 Å². The van der Waals surface area contributed by atoms with Gasteiger partial charge in [-0.1, -0.05) is 43.4 Å². The molecule has 0 nitrogen and oxygen atoms in total. The summed E-state index contributed by atoms with van der Waals surface area (Å²) in [7, 11) is -0.667. The highest BCUT2D eigenvalue weighted by atomic mass is 35.8. The largest absolute Gasteiger partial charge is 0.372 e. The summed E-state index contributed by atoms with van der Waals surface area (Å²) in [5.41, 5.74) is 0. The Hall–Kier alpha value is 0.814. The Bertz CT molecular complexity index is 243. The van der Waals surface area contributed by atoms with Crippen molar-refractivity contribution in [3.05, 3.63) is 30.3 Å². The first kappa shape index (κ1) is 14.8. The smallest absolute Gasteiger partial charge is 0.172 e. The molecule has 1 aromatic carbocycles. The van der Waals surface area contributed by atoms with E-state index in [1.54, 1.807) is 0 Å². The van der Waals surface area contributed by atoms with Gasteiger partial charge in [-0.2, -0.15) is 11.1 Å². The van der Waals surface area contributed by atoms with Gasteiger partial charge in [0.05, 0.1) is 0 Å². The van der Waals surface area contributed by atoms with Gasteiger partial charge in [0.15, 0.2) is 0 Å². The molecule has 0 aliphatic carbocycles. The van der Waals surface area contributed by atoms with E-state index in [0.717, 1.165) is 5.19 Å². The SMILES string of the molecule is C[SiH](C)Cl.Cl[Si](Cl)(Cl)c1ccccc1. The van der Waals surface area contributed by atoms with E-state index in [0.29, 0.717) is 0 Å². The predicted octanol–water partition coefficient (Wildman–Crippen LogP) is 3.76. The molecule has 1 rings (SSSR count). The van der Waals surface area contributed by atoms with Crippen molar-refractivity contribution in [3.63, 3.8) is 0 Å². The average Bonchev–Trinajstić information content (AvgIpc) is 2.03. The lowest BCUT2D eigenvalue weighted by molar-refractivity contribution is 1.77. The zero-order valence-corrected chi connectivity index (χ0v) is 13.2. The molecule has 80 valence electrons. The quantitative estimate of drug-likeness (QED) is 0.547. The molecule has 0 aliphatic heterocycles. The van der Waals surface area contributed by atoms with Crippen LogP contribution in [-0.2, 0) is 0 Å². The number of hydrogen-bond donors (Lipinski definition) is 0. The van der Waals surface area contributed by atoms with Crippen molar-refractivity contribution < 1.29 is 0 Å². The maximum absolute atomic E-state index is 5.73. The first-order valence-corrected chi connectivity index (χ1v) is 13.2. The Kier molecular flexibility index (Phi) is 7.56. The molecular formula is C8H12Cl4Si2. The van der Waals surface area contributed by atoms with Crippen molar-refractivity contribution in [2.45, 2.75) is 13.1 Å². The third-order valence-electron chi connectivity index (χ3n) is 1.10. The third-order valence-corrected chi connectivity index (χ3v) is 4.05. The Morgan fingerprint density at radius 2 is 1.36 bits per heavy atom. The summed E-state index contributed by atoms with van der Waals surface area (Å²) in [5, 5.41) is 0.833. The highest BCUT2D eigenvalue weighted by Crippen LogP contribution is 2.18. The van der Waals surface area contributed by atoms with Crippen LogP contribution in [0.15, 0.2) is 30.3 Å². The van der Waals surface area contributed by atoms with E-state index in [2.05, 4.69) is 13.1 Å². The number of hydrogen-bond acceptors (Lipinski definition) is 0. The number of benzene rings is 1. The molecule has 0 unspecified atom stereocenters. The van der Waals surface area contributed by atoms with E-state index < -0.39 is 14.1 Å². The van der Waals surface area contributed by atoms with Crippen molar-refractivity contribution in [2.24, 2.45) is 0 Å². The van der Waals surface area contributed by atoms with Gasteiger partial charge < -0.3 is 0 Å². The summed E-state index contributed by atoms with van der Waals surface area (Å²) in [5.74, 6) is 0. The molecule has 0 amide bonds. The topological polar surface area (TPSA) is 0 Å². The second-order valence-corrected chi connectivity index (χ2v) is 15.9. The molecular weight excluding hydrogens is 294 g/mol. The van der Waals surface area contributed by atoms with Crippen LogP contribution in [0.25, 0.3) is 0 Å². The van der Waals surface area contributed by atoms with Gasteiger partial charge in [-0.3, -0.25) is 0 Å². The van der Waals surface area contributed by atoms with Crippen LogP contribution in [0.2, 0.25) is 13.1 Å². The summed E-state index contributed by atoms with van der Waals surface area (Å²) >= 11 is 22.6. The molecule has 0 atom stereocenters. The second kappa shape index (κ2) is 7.15. The monoisotopic (exact) mass is 304 g/mol. The van der Waals surface area contributed by atoms with Gasteiger partial charge in [-0.25, -0.2) is 0 Å². The number of rotatable bonds is 1. The van der Waals surface area contributed by atoms with Gasteiger partial charge in [-0.05, 0) is 5.19 Å². The lowest BCUT2D eigenvalue weighted by Crippen LogP contribution is -2.29. The molecule has 0 spiro atoms. The van der Waals surface area contributed by atoms with Crippen LogP contribution >= 0.6 is 44.3 Å². The molecule has 14 heavy (non-hydrogen) atoms. The standard InChI is InChI=1S/C6H5Cl3Si.C2H7ClSi/c7-10(8,9)6-4-2-1-3-5-6;1-4(2)3/h1-5H;4H,1-2H3. The number of halogens is 4. The van der Waals surface area contributed by atoms with Crippen molar-refractivity contribution in [2.75, 3.05) is 0 Å². The van der Waals surface area contributed by atoms with Crippen LogP contribution in [0.3, 0.4) is 0 Å². The normalized spacial score (nSPS) is 10.8. The van der Waals surface area contributed by atoms with E-state index in [1.807, 2.05) is 30.3 Å². The van der Waals surface area contributed by atoms with Gasteiger partial charge in [0.1, 0.15) is 8.11 Å². The minimum Gasteiger partial charge on any atom is -0.172 e. The van der Waals surface area contributed by atoms with E-state index in [4.69, 9.17) is 44.3 Å². The molecule has 0 fully saturated rings. The second-order valence-electron chi connectivity index (χ2n) is 2.88. The van der Waals surface area contributed by atoms with Crippen LogP contribution in [0.1, 0.15) is 0 Å². The minimum atomic E-state index is -2.62. The van der Waals surface area contributed by atoms with Crippen LogP contribution in [0.4, 0.5) is 0 Å². The van der Waals surface area contributed by atoms with Crippen molar-refractivity contribution >= 4 is 63.6 Å². The van der Waals surface area contributed by atoms with Crippen molar-refractivity contribution in [1.29, 1.82) is 0 Å². The fraction of sp³-hybridized carbons (Fsp3) is 0.250. The molecule has 0 heterocycles. The minimum absolute atomic E-state index is 0.667. The third kappa shape index (κ3) is 8.15. The fourth-order valence-electron chi connectivity index (χ4n) is 0.627. The van der Waals surface area contributed by atoms with Crippen LogP contribution in [-0.4, -0.2) is 14.1 Å². The molecule has 0 saturated heterocycles. The molecule has 1 aromatic rings. The summed E-state index contributed by atoms with van der Waals surface area (Å²) in [6, 6.07) is 6.68. The predicted molar refractivity (Wildman–Crippen MR) is 74.1 cm³/mol. The zero-order valence-electron chi connectivity index (χ0n) is 7.98. The average molecular weight is 306 g/mol. The van der Waals surface area contributed by atoms with Gasteiger partial charge in [0, 0.05) is 0 Å². The van der Waals surface area contributed by atoms with Gasteiger partial charge in [0.25, 0.3) is 0 Å².